The molecule has 2 heteroatoms. The fourth-order valence-corrected chi connectivity index (χ4v) is 4.32. The van der Waals surface area contributed by atoms with Crippen LogP contribution in [0.5, 0.6) is 0 Å². The molecule has 0 amide bonds. The van der Waals surface area contributed by atoms with E-state index in [-0.39, 0.29) is 5.60 Å². The molecule has 0 bridgehead atoms. The molecule has 0 radical (unpaired) electrons. The topological polar surface area (TPSA) is 21.3 Å². The first-order valence-corrected chi connectivity index (χ1v) is 9.02. The quantitative estimate of drug-likeness (QED) is 0.772. The third-order valence-electron chi connectivity index (χ3n) is 5.57. The van der Waals surface area contributed by atoms with Gasteiger partial charge in [0.2, 0.25) is 0 Å². The van der Waals surface area contributed by atoms with Gasteiger partial charge in [0, 0.05) is 12.6 Å². The van der Waals surface area contributed by atoms with Crippen molar-refractivity contribution in [3.8, 4) is 0 Å². The van der Waals surface area contributed by atoms with Gasteiger partial charge in [0.15, 0.2) is 0 Å². The van der Waals surface area contributed by atoms with Gasteiger partial charge < -0.3 is 10.1 Å². The summed E-state index contributed by atoms with van der Waals surface area (Å²) in [6.45, 7) is 9.23. The van der Waals surface area contributed by atoms with Crippen molar-refractivity contribution in [2.45, 2.75) is 90.2 Å². The Morgan fingerprint density at radius 3 is 2.65 bits per heavy atom. The van der Waals surface area contributed by atoms with Crippen molar-refractivity contribution >= 4 is 0 Å². The third-order valence-corrected chi connectivity index (χ3v) is 5.57. The minimum absolute atomic E-state index is 0.273. The summed E-state index contributed by atoms with van der Waals surface area (Å²) in [5.74, 6) is 1.71. The van der Waals surface area contributed by atoms with Crippen molar-refractivity contribution in [2.24, 2.45) is 11.8 Å². The highest BCUT2D eigenvalue weighted by atomic mass is 16.5. The lowest BCUT2D eigenvalue weighted by Crippen LogP contribution is -2.43. The van der Waals surface area contributed by atoms with Crippen molar-refractivity contribution in [1.82, 2.24) is 5.32 Å². The van der Waals surface area contributed by atoms with Gasteiger partial charge in [-0.2, -0.15) is 0 Å². The molecule has 2 aliphatic rings. The normalized spacial score (nSPS) is 29.2. The van der Waals surface area contributed by atoms with Crippen LogP contribution in [0.3, 0.4) is 0 Å². The number of hydrogen-bond donors (Lipinski definition) is 1. The van der Waals surface area contributed by atoms with E-state index < -0.39 is 0 Å². The van der Waals surface area contributed by atoms with Gasteiger partial charge in [-0.25, -0.2) is 0 Å². The fraction of sp³-hybridized carbons (Fsp3) is 1.00. The van der Waals surface area contributed by atoms with Crippen LogP contribution in [0.1, 0.15) is 78.6 Å². The van der Waals surface area contributed by atoms with Crippen LogP contribution in [0.2, 0.25) is 0 Å². The van der Waals surface area contributed by atoms with Crippen LogP contribution >= 0.6 is 0 Å². The number of rotatable bonds is 6. The Kier molecular flexibility index (Phi) is 6.35. The highest BCUT2D eigenvalue weighted by Gasteiger charge is 2.39. The summed E-state index contributed by atoms with van der Waals surface area (Å²) in [6.07, 6.45) is 12.0. The van der Waals surface area contributed by atoms with Crippen molar-refractivity contribution in [1.29, 1.82) is 0 Å². The first-order chi connectivity index (χ1) is 9.65. The fourth-order valence-electron chi connectivity index (χ4n) is 4.32. The minimum Gasteiger partial charge on any atom is -0.375 e. The number of nitrogens with one attached hydrogen (secondary N) is 1. The summed E-state index contributed by atoms with van der Waals surface area (Å²) in [7, 11) is 0. The van der Waals surface area contributed by atoms with E-state index in [1.54, 1.807) is 0 Å². The monoisotopic (exact) mass is 281 g/mol. The third kappa shape index (κ3) is 4.46. The van der Waals surface area contributed by atoms with Crippen LogP contribution in [0.4, 0.5) is 0 Å². The van der Waals surface area contributed by atoms with Crippen LogP contribution < -0.4 is 5.32 Å². The van der Waals surface area contributed by atoms with E-state index in [0.29, 0.717) is 6.04 Å². The van der Waals surface area contributed by atoms with Crippen LogP contribution in [-0.4, -0.2) is 24.8 Å². The maximum atomic E-state index is 6.24. The SMILES string of the molecule is CCCNC(C)CC(C)C1CCOC2(CCCCC2)C1. The van der Waals surface area contributed by atoms with Gasteiger partial charge in [0.05, 0.1) is 5.60 Å². The molecule has 1 aliphatic heterocycles. The van der Waals surface area contributed by atoms with E-state index >= 15 is 0 Å². The van der Waals surface area contributed by atoms with E-state index in [9.17, 15) is 0 Å². The predicted octanol–water partition coefficient (Wildman–Crippen LogP) is 4.53. The van der Waals surface area contributed by atoms with Gasteiger partial charge in [-0.15, -0.1) is 0 Å². The molecule has 2 rings (SSSR count). The molecule has 0 aromatic rings. The summed E-state index contributed by atoms with van der Waals surface area (Å²) >= 11 is 0. The molecule has 2 fully saturated rings. The average Bonchev–Trinajstić information content (AvgIpc) is 2.46. The Morgan fingerprint density at radius 2 is 1.95 bits per heavy atom. The standard InChI is InChI=1S/C18H35NO/c1-4-11-19-16(3)13-15(2)17-8-12-20-18(14-17)9-6-5-7-10-18/h15-17,19H,4-14H2,1-3H3. The molecule has 0 aromatic heterocycles. The van der Waals surface area contributed by atoms with Crippen LogP contribution in [-0.2, 0) is 4.74 Å². The second-order valence-corrected chi connectivity index (χ2v) is 7.41. The largest absolute Gasteiger partial charge is 0.375 e. The zero-order valence-electron chi connectivity index (χ0n) is 13.9. The predicted molar refractivity (Wildman–Crippen MR) is 86.0 cm³/mol. The van der Waals surface area contributed by atoms with Crippen molar-refractivity contribution < 1.29 is 4.74 Å². The summed E-state index contributed by atoms with van der Waals surface area (Å²) in [4.78, 5) is 0. The average molecular weight is 281 g/mol. The molecular weight excluding hydrogens is 246 g/mol. The second-order valence-electron chi connectivity index (χ2n) is 7.41. The maximum absolute atomic E-state index is 6.24. The Morgan fingerprint density at radius 1 is 1.20 bits per heavy atom. The maximum Gasteiger partial charge on any atom is 0.0685 e. The van der Waals surface area contributed by atoms with Gasteiger partial charge in [-0.3, -0.25) is 0 Å². The molecule has 1 aliphatic carbocycles. The van der Waals surface area contributed by atoms with Crippen molar-refractivity contribution in [2.75, 3.05) is 13.2 Å². The molecule has 1 spiro atoms. The Bertz CT molecular complexity index is 267. The Labute approximate surface area is 126 Å². The number of ether oxygens (including phenoxy) is 1. The van der Waals surface area contributed by atoms with Gasteiger partial charge in [-0.1, -0.05) is 33.1 Å². The zero-order valence-corrected chi connectivity index (χ0v) is 13.9. The summed E-state index contributed by atoms with van der Waals surface area (Å²) in [6, 6.07) is 0.662. The van der Waals surface area contributed by atoms with E-state index in [1.165, 1.54) is 57.8 Å². The van der Waals surface area contributed by atoms with E-state index in [1.807, 2.05) is 0 Å². The lowest BCUT2D eigenvalue weighted by Gasteiger charge is -2.45. The summed E-state index contributed by atoms with van der Waals surface area (Å²) in [5, 5.41) is 3.64. The molecule has 118 valence electrons. The Balaban J connectivity index is 1.81. The van der Waals surface area contributed by atoms with Gasteiger partial charge in [0.25, 0.3) is 0 Å². The Hall–Kier alpha value is -0.0800. The molecule has 0 aromatic carbocycles. The smallest absolute Gasteiger partial charge is 0.0685 e. The highest BCUT2D eigenvalue weighted by Crippen LogP contribution is 2.43. The molecule has 3 atom stereocenters. The lowest BCUT2D eigenvalue weighted by molar-refractivity contribution is -0.124. The number of hydrogen-bond acceptors (Lipinski definition) is 2. The first kappa shape index (κ1) is 16.3. The lowest BCUT2D eigenvalue weighted by atomic mass is 9.72. The zero-order chi connectivity index (χ0) is 14.4. The van der Waals surface area contributed by atoms with Gasteiger partial charge in [0.1, 0.15) is 0 Å². The highest BCUT2D eigenvalue weighted by molar-refractivity contribution is 4.91. The van der Waals surface area contributed by atoms with E-state index in [0.717, 1.165) is 25.0 Å². The van der Waals surface area contributed by atoms with E-state index in [2.05, 4.69) is 26.1 Å². The van der Waals surface area contributed by atoms with Crippen LogP contribution in [0.25, 0.3) is 0 Å². The van der Waals surface area contributed by atoms with Gasteiger partial charge >= 0.3 is 0 Å². The molecule has 1 saturated carbocycles. The van der Waals surface area contributed by atoms with Crippen molar-refractivity contribution in [3.63, 3.8) is 0 Å². The summed E-state index contributed by atoms with van der Waals surface area (Å²) < 4.78 is 6.24. The van der Waals surface area contributed by atoms with Crippen molar-refractivity contribution in [3.05, 3.63) is 0 Å². The molecule has 3 unspecified atom stereocenters. The molecular formula is C18H35NO. The first-order valence-electron chi connectivity index (χ1n) is 9.02. The molecule has 20 heavy (non-hydrogen) atoms. The van der Waals surface area contributed by atoms with E-state index in [4.69, 9.17) is 4.74 Å². The summed E-state index contributed by atoms with van der Waals surface area (Å²) in [5.41, 5.74) is 0.273. The molecule has 1 N–H and O–H groups in total. The molecule has 1 heterocycles. The van der Waals surface area contributed by atoms with Crippen LogP contribution in [0.15, 0.2) is 0 Å². The molecule has 1 saturated heterocycles. The van der Waals surface area contributed by atoms with Gasteiger partial charge in [-0.05, 0) is 63.8 Å². The second kappa shape index (κ2) is 7.79. The van der Waals surface area contributed by atoms with Crippen LogP contribution in [0, 0.1) is 11.8 Å². The minimum atomic E-state index is 0.273. The molecule has 2 nitrogen and oxygen atoms in total.